The van der Waals surface area contributed by atoms with E-state index in [1.807, 2.05) is 19.1 Å². The summed E-state index contributed by atoms with van der Waals surface area (Å²) in [7, 11) is -0.968. The van der Waals surface area contributed by atoms with Crippen LogP contribution in [0.3, 0.4) is 0 Å². The molecule has 1 aromatic heterocycles. The normalized spacial score (nSPS) is 12.3. The third-order valence-electron chi connectivity index (χ3n) is 4.41. The number of ether oxygens (including phenoxy) is 2. The molecule has 3 rings (SSSR count). The topological polar surface area (TPSA) is 120 Å². The van der Waals surface area contributed by atoms with E-state index < -0.39 is 22.0 Å². The van der Waals surface area contributed by atoms with E-state index in [2.05, 4.69) is 20.2 Å². The number of aromatic nitrogens is 2. The molecule has 0 fully saturated rings. The molecule has 0 saturated heterocycles. The molecule has 0 unspecified atom stereocenters. The monoisotopic (exact) mass is 462 g/mol. The van der Waals surface area contributed by atoms with Gasteiger partial charge in [0, 0.05) is 17.2 Å². The molecule has 3 aromatic rings. The Labute approximate surface area is 184 Å². The lowest BCUT2D eigenvalue weighted by Gasteiger charge is -2.17. The number of nitrogens with one attached hydrogen (secondary N) is 2. The van der Waals surface area contributed by atoms with Crippen LogP contribution in [-0.4, -0.2) is 38.7 Å². The summed E-state index contributed by atoms with van der Waals surface area (Å²) in [6, 6.07) is 11.4. The van der Waals surface area contributed by atoms with E-state index in [1.165, 1.54) is 14.2 Å². The fraction of sp³-hybridized carbons (Fsp3) is 0.250. The van der Waals surface area contributed by atoms with Crippen molar-refractivity contribution in [3.63, 3.8) is 0 Å². The van der Waals surface area contributed by atoms with Gasteiger partial charge >= 0.3 is 0 Å². The molecule has 0 spiro atoms. The molecule has 1 amide bonds. The van der Waals surface area contributed by atoms with Crippen molar-refractivity contribution in [3.05, 3.63) is 59.2 Å². The number of rotatable bonds is 8. The van der Waals surface area contributed by atoms with Gasteiger partial charge in [0.25, 0.3) is 15.9 Å². The number of amides is 1. The highest BCUT2D eigenvalue weighted by Gasteiger charge is 2.25. The van der Waals surface area contributed by atoms with Crippen molar-refractivity contribution in [3.8, 4) is 11.5 Å². The molecule has 0 radical (unpaired) electrons. The second-order valence-electron chi connectivity index (χ2n) is 6.64. The van der Waals surface area contributed by atoms with E-state index in [0.29, 0.717) is 22.6 Å². The highest BCUT2D eigenvalue weighted by Crippen LogP contribution is 2.30. The molecule has 2 aromatic carbocycles. The average Bonchev–Trinajstić information content (AvgIpc) is 3.23. The molecule has 1 heterocycles. The number of carbonyl (C=O) groups excluding carboxylic acids is 1. The van der Waals surface area contributed by atoms with Gasteiger partial charge in [0.1, 0.15) is 11.5 Å². The van der Waals surface area contributed by atoms with Crippen molar-refractivity contribution < 1.29 is 22.7 Å². The van der Waals surface area contributed by atoms with Crippen LogP contribution in [0.4, 0.5) is 5.13 Å². The lowest BCUT2D eigenvalue weighted by molar-refractivity contribution is 0.102. The third-order valence-corrected chi connectivity index (χ3v) is 7.15. The lowest BCUT2D eigenvalue weighted by atomic mass is 10.1. The van der Waals surface area contributed by atoms with Crippen LogP contribution in [0.2, 0.25) is 0 Å². The molecule has 1 atom stereocenters. The van der Waals surface area contributed by atoms with Crippen molar-refractivity contribution in [2.75, 3.05) is 19.5 Å². The highest BCUT2D eigenvalue weighted by atomic mass is 32.2. The summed E-state index contributed by atoms with van der Waals surface area (Å²) in [5, 5.41) is 10.1. The maximum atomic E-state index is 12.8. The van der Waals surface area contributed by atoms with Crippen molar-refractivity contribution in [2.24, 2.45) is 0 Å². The van der Waals surface area contributed by atoms with Crippen LogP contribution in [0.25, 0.3) is 0 Å². The number of aryl methyl sites for hydroxylation is 1. The quantitative estimate of drug-likeness (QED) is 0.494. The van der Waals surface area contributed by atoms with E-state index in [9.17, 15) is 13.2 Å². The Morgan fingerprint density at radius 2 is 1.77 bits per heavy atom. The Balaban J connectivity index is 1.75. The first-order valence-electron chi connectivity index (χ1n) is 9.19. The largest absolute Gasteiger partial charge is 0.497 e. The van der Waals surface area contributed by atoms with Gasteiger partial charge in [0.05, 0.1) is 14.2 Å². The summed E-state index contributed by atoms with van der Waals surface area (Å²) < 4.78 is 38.4. The van der Waals surface area contributed by atoms with Crippen LogP contribution >= 0.6 is 11.3 Å². The molecule has 0 aliphatic heterocycles. The van der Waals surface area contributed by atoms with Crippen LogP contribution in [-0.2, 0) is 10.0 Å². The molecule has 2 N–H and O–H groups in total. The Morgan fingerprint density at radius 1 is 1.06 bits per heavy atom. The number of sulfonamides is 1. The predicted octanol–water partition coefficient (Wildman–Crippen LogP) is 3.16. The van der Waals surface area contributed by atoms with Crippen molar-refractivity contribution in [2.45, 2.75) is 24.2 Å². The lowest BCUT2D eigenvalue weighted by Crippen LogP contribution is -2.27. The van der Waals surface area contributed by atoms with Crippen LogP contribution in [0.5, 0.6) is 11.5 Å². The molecule has 164 valence electrons. The Hall–Kier alpha value is -3.02. The van der Waals surface area contributed by atoms with Gasteiger partial charge in [-0.25, -0.2) is 13.1 Å². The van der Waals surface area contributed by atoms with Gasteiger partial charge in [0.2, 0.25) is 9.47 Å². The van der Waals surface area contributed by atoms with Crippen molar-refractivity contribution in [1.82, 2.24) is 14.9 Å². The minimum absolute atomic E-state index is 0.0811. The Kier molecular flexibility index (Phi) is 6.88. The molecular formula is C20H22N4O5S2. The maximum absolute atomic E-state index is 12.8. The SMILES string of the molecule is COc1ccc(OC)c([C@@H](C)NS(=O)(=O)c2nnc(NC(=O)c3ccc(C)cc3)s2)c1. The first-order chi connectivity index (χ1) is 14.7. The Bertz CT molecular complexity index is 1180. The smallest absolute Gasteiger partial charge is 0.270 e. The van der Waals surface area contributed by atoms with Crippen molar-refractivity contribution >= 4 is 32.4 Å². The zero-order chi connectivity index (χ0) is 22.6. The fourth-order valence-electron chi connectivity index (χ4n) is 2.77. The van der Waals surface area contributed by atoms with Gasteiger partial charge in [-0.2, -0.15) is 0 Å². The number of benzene rings is 2. The summed E-state index contributed by atoms with van der Waals surface area (Å²) in [4.78, 5) is 12.3. The average molecular weight is 463 g/mol. The van der Waals surface area contributed by atoms with Crippen LogP contribution in [0.1, 0.15) is 34.5 Å². The van der Waals surface area contributed by atoms with Gasteiger partial charge in [-0.15, -0.1) is 10.2 Å². The third kappa shape index (κ3) is 5.37. The zero-order valence-electron chi connectivity index (χ0n) is 17.4. The van der Waals surface area contributed by atoms with Gasteiger partial charge in [-0.1, -0.05) is 29.0 Å². The molecule has 0 aliphatic rings. The molecule has 0 bridgehead atoms. The predicted molar refractivity (Wildman–Crippen MR) is 117 cm³/mol. The summed E-state index contributed by atoms with van der Waals surface area (Å²) in [5.41, 5.74) is 2.05. The van der Waals surface area contributed by atoms with Gasteiger partial charge in [-0.3, -0.25) is 10.1 Å². The Morgan fingerprint density at radius 3 is 2.42 bits per heavy atom. The maximum Gasteiger partial charge on any atom is 0.270 e. The fourth-order valence-corrected chi connectivity index (χ4v) is 4.90. The molecule has 11 heteroatoms. The molecule has 0 saturated carbocycles. The second-order valence-corrected chi connectivity index (χ2v) is 9.51. The van der Waals surface area contributed by atoms with E-state index in [0.717, 1.165) is 16.9 Å². The number of hydrogen-bond acceptors (Lipinski definition) is 8. The first-order valence-corrected chi connectivity index (χ1v) is 11.5. The summed E-state index contributed by atoms with van der Waals surface area (Å²) >= 11 is 0.760. The second kappa shape index (κ2) is 9.41. The standard InChI is InChI=1S/C20H22N4O5S2/c1-12-5-7-14(8-6-12)18(25)21-19-22-23-20(30-19)31(26,27)24-13(2)16-11-15(28-3)9-10-17(16)29-4/h5-11,13,24H,1-4H3,(H,21,22,25)/t13-/m1/s1. The number of hydrogen-bond donors (Lipinski definition) is 2. The molecule has 9 nitrogen and oxygen atoms in total. The number of methoxy groups -OCH3 is 2. The van der Waals surface area contributed by atoms with Crippen LogP contribution in [0, 0.1) is 6.92 Å². The van der Waals surface area contributed by atoms with E-state index in [1.54, 1.807) is 37.3 Å². The first kappa shape index (κ1) is 22.7. The van der Waals surface area contributed by atoms with Crippen molar-refractivity contribution in [1.29, 1.82) is 0 Å². The van der Waals surface area contributed by atoms with Crippen LogP contribution < -0.4 is 19.5 Å². The molecular weight excluding hydrogens is 440 g/mol. The minimum atomic E-state index is -3.99. The van der Waals surface area contributed by atoms with Gasteiger partial charge in [-0.05, 0) is 44.2 Å². The highest BCUT2D eigenvalue weighted by molar-refractivity contribution is 7.91. The minimum Gasteiger partial charge on any atom is -0.497 e. The number of anilines is 1. The van der Waals surface area contributed by atoms with E-state index >= 15 is 0 Å². The summed E-state index contributed by atoms with van der Waals surface area (Å²) in [6.07, 6.45) is 0. The van der Waals surface area contributed by atoms with Crippen LogP contribution in [0.15, 0.2) is 46.8 Å². The summed E-state index contributed by atoms with van der Waals surface area (Å²) in [6.45, 7) is 3.59. The van der Waals surface area contributed by atoms with Gasteiger partial charge < -0.3 is 9.47 Å². The number of nitrogens with zero attached hydrogens (tertiary/aromatic N) is 2. The molecule has 31 heavy (non-hydrogen) atoms. The summed E-state index contributed by atoms with van der Waals surface area (Å²) in [5.74, 6) is 0.681. The van der Waals surface area contributed by atoms with E-state index in [-0.39, 0.29) is 9.47 Å². The zero-order valence-corrected chi connectivity index (χ0v) is 19.0. The van der Waals surface area contributed by atoms with E-state index in [4.69, 9.17) is 9.47 Å². The molecule has 0 aliphatic carbocycles. The van der Waals surface area contributed by atoms with Gasteiger partial charge in [0.15, 0.2) is 0 Å². The number of carbonyl (C=O) groups is 1.